The molecule has 4 N–H and O–H groups in total. The van der Waals surface area contributed by atoms with Crippen molar-refractivity contribution in [2.24, 2.45) is 5.14 Å². The van der Waals surface area contributed by atoms with E-state index in [9.17, 15) is 4.21 Å². The summed E-state index contributed by atoms with van der Waals surface area (Å²) in [6.07, 6.45) is 0. The van der Waals surface area contributed by atoms with Gasteiger partial charge in [-0.15, -0.1) is 0 Å². The number of para-hydroxylation sites is 1. The van der Waals surface area contributed by atoms with Crippen LogP contribution in [0.5, 0.6) is 5.75 Å². The van der Waals surface area contributed by atoms with Gasteiger partial charge in [-0.25, -0.2) is 14.1 Å². The van der Waals surface area contributed by atoms with Gasteiger partial charge in [0.05, 0.1) is 0 Å². The van der Waals surface area contributed by atoms with E-state index in [-0.39, 0.29) is 10.6 Å². The summed E-state index contributed by atoms with van der Waals surface area (Å²) in [7, 11) is -3.28. The number of hydrogen-bond acceptors (Lipinski definition) is 3. The van der Waals surface area contributed by atoms with Gasteiger partial charge in [-0.1, -0.05) is 12.1 Å². The zero-order valence-corrected chi connectivity index (χ0v) is 6.47. The van der Waals surface area contributed by atoms with Gasteiger partial charge in [-0.3, -0.25) is 0 Å². The first-order valence-corrected chi connectivity index (χ1v) is 4.48. The van der Waals surface area contributed by atoms with Crippen molar-refractivity contribution in [3.05, 3.63) is 24.3 Å². The van der Waals surface area contributed by atoms with E-state index in [1.165, 1.54) is 12.1 Å². The molecule has 0 saturated carbocycles. The molecule has 60 valence electrons. The van der Waals surface area contributed by atoms with Crippen molar-refractivity contribution >= 4 is 9.92 Å². The third-order valence-corrected chi connectivity index (χ3v) is 2.19. The first kappa shape index (κ1) is 8.03. The van der Waals surface area contributed by atoms with Crippen molar-refractivity contribution in [3.63, 3.8) is 0 Å². The fourth-order valence-corrected chi connectivity index (χ4v) is 1.37. The Kier molecular flexibility index (Phi) is 1.84. The third kappa shape index (κ3) is 1.69. The molecule has 4 nitrogen and oxygen atoms in total. The van der Waals surface area contributed by atoms with Crippen LogP contribution >= 0.6 is 0 Å². The second-order valence-electron chi connectivity index (χ2n) is 2.07. The summed E-state index contributed by atoms with van der Waals surface area (Å²) in [5, 5.41) is 14.1. The number of benzene rings is 1. The largest absolute Gasteiger partial charge is 0.507 e. The molecule has 5 heteroatoms. The van der Waals surface area contributed by atoms with Gasteiger partial charge in [0, 0.05) is 0 Å². The van der Waals surface area contributed by atoms with Crippen LogP contribution in [0, 0.1) is 4.78 Å². The van der Waals surface area contributed by atoms with Crippen molar-refractivity contribution in [2.45, 2.75) is 4.90 Å². The standard InChI is InChI=1S/C6H8N2O2S/c7-11(8,10)6-4-2-1-3-5(6)9/h1-4,9H,(H3,7,8,10). The average molecular weight is 172 g/mol. The molecule has 1 atom stereocenters. The lowest BCUT2D eigenvalue weighted by Crippen LogP contribution is -2.10. The van der Waals surface area contributed by atoms with E-state index in [0.717, 1.165) is 0 Å². The highest BCUT2D eigenvalue weighted by Crippen LogP contribution is 2.19. The molecule has 0 amide bonds. The van der Waals surface area contributed by atoms with Gasteiger partial charge in [0.15, 0.2) is 0 Å². The SMILES string of the molecule is N=S(N)(=O)c1ccccc1O. The van der Waals surface area contributed by atoms with E-state index < -0.39 is 9.92 Å². The van der Waals surface area contributed by atoms with E-state index in [1.54, 1.807) is 12.1 Å². The van der Waals surface area contributed by atoms with Gasteiger partial charge < -0.3 is 5.11 Å². The zero-order chi connectivity index (χ0) is 8.48. The summed E-state index contributed by atoms with van der Waals surface area (Å²) >= 11 is 0. The van der Waals surface area contributed by atoms with Gasteiger partial charge in [0.25, 0.3) is 0 Å². The smallest absolute Gasteiger partial charge is 0.135 e. The predicted octanol–water partition coefficient (Wildman–Crippen LogP) is 0.672. The van der Waals surface area contributed by atoms with E-state index in [2.05, 4.69) is 0 Å². The van der Waals surface area contributed by atoms with Gasteiger partial charge in [-0.2, -0.15) is 0 Å². The summed E-state index contributed by atoms with van der Waals surface area (Å²) in [6, 6.07) is 5.85. The number of aromatic hydroxyl groups is 1. The number of hydrogen-bond donors (Lipinski definition) is 3. The lowest BCUT2D eigenvalue weighted by molar-refractivity contribution is 0.461. The number of rotatable bonds is 1. The van der Waals surface area contributed by atoms with Gasteiger partial charge in [0.2, 0.25) is 0 Å². The van der Waals surface area contributed by atoms with Crippen LogP contribution in [0.4, 0.5) is 0 Å². The first-order chi connectivity index (χ1) is 5.02. The zero-order valence-electron chi connectivity index (χ0n) is 5.65. The Morgan fingerprint density at radius 1 is 1.45 bits per heavy atom. The molecule has 11 heavy (non-hydrogen) atoms. The highest BCUT2D eigenvalue weighted by molar-refractivity contribution is 7.90. The van der Waals surface area contributed by atoms with Crippen LogP contribution in [0.25, 0.3) is 0 Å². The van der Waals surface area contributed by atoms with Crippen LogP contribution < -0.4 is 5.14 Å². The van der Waals surface area contributed by atoms with Crippen LogP contribution in [-0.4, -0.2) is 9.32 Å². The molecule has 0 aliphatic heterocycles. The quantitative estimate of drug-likeness (QED) is 0.581. The van der Waals surface area contributed by atoms with Gasteiger partial charge >= 0.3 is 0 Å². The van der Waals surface area contributed by atoms with Crippen LogP contribution in [0.3, 0.4) is 0 Å². The van der Waals surface area contributed by atoms with E-state index in [1.807, 2.05) is 0 Å². The van der Waals surface area contributed by atoms with Crippen LogP contribution in [0.15, 0.2) is 29.2 Å². The molecule has 0 spiro atoms. The monoisotopic (exact) mass is 172 g/mol. The highest BCUT2D eigenvalue weighted by Gasteiger charge is 2.07. The van der Waals surface area contributed by atoms with Gasteiger partial charge in [-0.05, 0) is 12.1 Å². The number of nitrogens with two attached hydrogens (primary N) is 1. The van der Waals surface area contributed by atoms with Crippen molar-refractivity contribution in [1.82, 2.24) is 0 Å². The minimum absolute atomic E-state index is 0.0278. The average Bonchev–Trinajstić information content (AvgIpc) is 1.86. The summed E-state index contributed by atoms with van der Waals surface area (Å²) in [5.74, 6) is -0.199. The van der Waals surface area contributed by atoms with Gasteiger partial charge in [0.1, 0.15) is 20.6 Å². The molecule has 0 heterocycles. The Morgan fingerprint density at radius 2 is 2.00 bits per heavy atom. The minimum Gasteiger partial charge on any atom is -0.507 e. The lowest BCUT2D eigenvalue weighted by Gasteiger charge is -2.01. The Balaban J connectivity index is 3.37. The normalized spacial score (nSPS) is 15.7. The highest BCUT2D eigenvalue weighted by atomic mass is 32.2. The molecule has 0 saturated heterocycles. The predicted molar refractivity (Wildman–Crippen MR) is 41.4 cm³/mol. The molecule has 0 aliphatic carbocycles. The Hall–Kier alpha value is -1.07. The van der Waals surface area contributed by atoms with Crippen molar-refractivity contribution in [3.8, 4) is 5.75 Å². The maximum Gasteiger partial charge on any atom is 0.135 e. The van der Waals surface area contributed by atoms with E-state index >= 15 is 0 Å². The fraction of sp³-hybridized carbons (Fsp3) is 0. The molecular weight excluding hydrogens is 164 g/mol. The van der Waals surface area contributed by atoms with Crippen molar-refractivity contribution < 1.29 is 9.32 Å². The Bertz CT molecular complexity index is 359. The fourth-order valence-electron chi connectivity index (χ4n) is 0.714. The van der Waals surface area contributed by atoms with Crippen LogP contribution in [0.1, 0.15) is 0 Å². The molecule has 1 rings (SSSR count). The molecule has 0 aromatic heterocycles. The number of phenols is 1. The molecule has 1 unspecified atom stereocenters. The Morgan fingerprint density at radius 3 is 2.36 bits per heavy atom. The Labute approximate surface area is 64.8 Å². The third-order valence-electron chi connectivity index (χ3n) is 1.19. The maximum absolute atomic E-state index is 10.9. The van der Waals surface area contributed by atoms with Crippen molar-refractivity contribution in [1.29, 1.82) is 4.78 Å². The molecule has 0 bridgehead atoms. The number of phenolic OH excluding ortho intramolecular Hbond substituents is 1. The lowest BCUT2D eigenvalue weighted by atomic mass is 10.3. The minimum atomic E-state index is -3.28. The molecule has 1 aromatic carbocycles. The van der Waals surface area contributed by atoms with Crippen LogP contribution in [0.2, 0.25) is 0 Å². The van der Waals surface area contributed by atoms with E-state index in [4.69, 9.17) is 15.0 Å². The summed E-state index contributed by atoms with van der Waals surface area (Å²) < 4.78 is 17.9. The summed E-state index contributed by atoms with van der Waals surface area (Å²) in [6.45, 7) is 0. The second-order valence-corrected chi connectivity index (χ2v) is 3.71. The molecule has 0 fully saturated rings. The molecule has 0 radical (unpaired) electrons. The second kappa shape index (κ2) is 2.52. The summed E-state index contributed by atoms with van der Waals surface area (Å²) in [5.41, 5.74) is 0. The molecule has 1 aromatic rings. The first-order valence-electron chi connectivity index (χ1n) is 2.86. The molecular formula is C6H8N2O2S. The maximum atomic E-state index is 10.9. The topological polar surface area (TPSA) is 87.2 Å². The summed E-state index contributed by atoms with van der Waals surface area (Å²) in [4.78, 5) is -0.0278. The molecule has 0 aliphatic rings. The number of nitrogens with one attached hydrogen (secondary N) is 1. The van der Waals surface area contributed by atoms with E-state index in [0.29, 0.717) is 0 Å². The van der Waals surface area contributed by atoms with Crippen molar-refractivity contribution in [2.75, 3.05) is 0 Å². The van der Waals surface area contributed by atoms with Crippen LogP contribution in [-0.2, 0) is 9.92 Å².